The van der Waals surface area contributed by atoms with Gasteiger partial charge in [-0.05, 0) is 13.3 Å². The van der Waals surface area contributed by atoms with E-state index in [1.807, 2.05) is 6.92 Å². The van der Waals surface area contributed by atoms with Crippen molar-refractivity contribution in [3.05, 3.63) is 0 Å². The van der Waals surface area contributed by atoms with Gasteiger partial charge in [-0.2, -0.15) is 0 Å². The van der Waals surface area contributed by atoms with E-state index in [0.29, 0.717) is 0 Å². The quantitative estimate of drug-likeness (QED) is 0.207. The molecule has 0 bridgehead atoms. The van der Waals surface area contributed by atoms with Crippen LogP contribution in [0.25, 0.3) is 0 Å². The maximum absolute atomic E-state index is 11.2. The number of hydrogen-bond donors (Lipinski definition) is 0. The minimum absolute atomic E-state index is 0.0310. The second-order valence-corrected chi connectivity index (χ2v) is 7.84. The summed E-state index contributed by atoms with van der Waals surface area (Å²) in [5.74, 6) is 0.236. The van der Waals surface area contributed by atoms with Gasteiger partial charge >= 0.3 is 5.97 Å². The number of rotatable bonds is 17. The van der Waals surface area contributed by atoms with E-state index in [2.05, 4.69) is 6.92 Å². The Morgan fingerprint density at radius 2 is 1.04 bits per heavy atom. The molecular formula is C22H42O2. The van der Waals surface area contributed by atoms with E-state index in [4.69, 9.17) is 4.74 Å². The van der Waals surface area contributed by atoms with Gasteiger partial charge in [0.25, 0.3) is 0 Å². The highest BCUT2D eigenvalue weighted by molar-refractivity contribution is 5.78. The van der Waals surface area contributed by atoms with E-state index in [-0.39, 0.29) is 18.0 Å². The summed E-state index contributed by atoms with van der Waals surface area (Å²) in [6.45, 7) is 4.30. The average Bonchev–Trinajstić information content (AvgIpc) is 2.57. The van der Waals surface area contributed by atoms with E-state index < -0.39 is 0 Å². The average molecular weight is 339 g/mol. The van der Waals surface area contributed by atoms with Crippen LogP contribution in [0.5, 0.6) is 0 Å². The van der Waals surface area contributed by atoms with Crippen LogP contribution in [0.15, 0.2) is 0 Å². The van der Waals surface area contributed by atoms with E-state index in [1.165, 1.54) is 103 Å². The third kappa shape index (κ3) is 10.4. The first-order chi connectivity index (χ1) is 11.8. The van der Waals surface area contributed by atoms with Gasteiger partial charge in [0.15, 0.2) is 0 Å². The van der Waals surface area contributed by atoms with Crippen molar-refractivity contribution in [2.24, 2.45) is 5.92 Å². The third-order valence-corrected chi connectivity index (χ3v) is 5.54. The first-order valence-electron chi connectivity index (χ1n) is 11.0. The summed E-state index contributed by atoms with van der Waals surface area (Å²) in [6.07, 6.45) is 23.6. The Balaban J connectivity index is 1.68. The minimum Gasteiger partial charge on any atom is -0.461 e. The van der Waals surface area contributed by atoms with Gasteiger partial charge in [-0.1, -0.05) is 110 Å². The topological polar surface area (TPSA) is 26.3 Å². The van der Waals surface area contributed by atoms with Crippen LogP contribution in [-0.4, -0.2) is 12.1 Å². The molecule has 0 aromatic carbocycles. The molecular weight excluding hydrogens is 296 g/mol. The van der Waals surface area contributed by atoms with Crippen molar-refractivity contribution < 1.29 is 9.53 Å². The van der Waals surface area contributed by atoms with E-state index >= 15 is 0 Å². The van der Waals surface area contributed by atoms with Crippen LogP contribution in [0.4, 0.5) is 0 Å². The SMILES string of the molecule is CCCCCCCCCCCCCCCCCC[C@@H]1C(=O)O[C@H]1C. The molecule has 0 aromatic rings. The fraction of sp³-hybridized carbons (Fsp3) is 0.955. The smallest absolute Gasteiger partial charge is 0.312 e. The Morgan fingerprint density at radius 1 is 0.667 bits per heavy atom. The van der Waals surface area contributed by atoms with Crippen molar-refractivity contribution in [3.63, 3.8) is 0 Å². The van der Waals surface area contributed by atoms with Crippen molar-refractivity contribution in [2.75, 3.05) is 0 Å². The first-order valence-corrected chi connectivity index (χ1v) is 11.0. The standard InChI is InChI=1S/C22H42O2/c1-3-4-5-6-7-8-9-10-11-12-13-14-15-16-17-18-19-21-20(2)24-22(21)23/h20-21H,3-19H2,1-2H3/t20-,21-/m0/s1. The molecule has 24 heavy (non-hydrogen) atoms. The monoisotopic (exact) mass is 338 g/mol. The Labute approximate surface area is 151 Å². The van der Waals surface area contributed by atoms with Crippen molar-refractivity contribution in [1.82, 2.24) is 0 Å². The molecule has 0 amide bonds. The molecule has 2 nitrogen and oxygen atoms in total. The third-order valence-electron chi connectivity index (χ3n) is 5.54. The van der Waals surface area contributed by atoms with Crippen LogP contribution in [-0.2, 0) is 9.53 Å². The number of carbonyl (C=O) groups is 1. The summed E-state index contributed by atoms with van der Waals surface area (Å²) in [7, 11) is 0. The number of hydrogen-bond acceptors (Lipinski definition) is 2. The molecule has 0 unspecified atom stereocenters. The molecule has 0 radical (unpaired) electrons. The summed E-state index contributed by atoms with van der Waals surface area (Å²) in [6, 6.07) is 0. The first kappa shape index (κ1) is 21.5. The van der Waals surface area contributed by atoms with Gasteiger partial charge in [-0.3, -0.25) is 4.79 Å². The number of unbranched alkanes of at least 4 members (excludes halogenated alkanes) is 15. The van der Waals surface area contributed by atoms with Gasteiger partial charge in [0.2, 0.25) is 0 Å². The summed E-state index contributed by atoms with van der Waals surface area (Å²) in [5.41, 5.74) is 0. The van der Waals surface area contributed by atoms with Gasteiger partial charge in [0.1, 0.15) is 6.10 Å². The van der Waals surface area contributed by atoms with Gasteiger partial charge in [-0.15, -0.1) is 0 Å². The Kier molecular flexibility index (Phi) is 13.3. The lowest BCUT2D eigenvalue weighted by molar-refractivity contribution is -0.182. The molecule has 142 valence electrons. The molecule has 1 fully saturated rings. The van der Waals surface area contributed by atoms with Crippen LogP contribution in [0.3, 0.4) is 0 Å². The molecule has 2 heteroatoms. The van der Waals surface area contributed by atoms with E-state index in [1.54, 1.807) is 0 Å². The maximum atomic E-state index is 11.2. The van der Waals surface area contributed by atoms with Crippen molar-refractivity contribution in [2.45, 2.75) is 129 Å². The van der Waals surface area contributed by atoms with Crippen LogP contribution in [0.1, 0.15) is 123 Å². The van der Waals surface area contributed by atoms with E-state index in [0.717, 1.165) is 6.42 Å². The van der Waals surface area contributed by atoms with E-state index in [9.17, 15) is 4.79 Å². The number of carbonyl (C=O) groups excluding carboxylic acids is 1. The highest BCUT2D eigenvalue weighted by atomic mass is 16.6. The molecule has 1 aliphatic heterocycles. The fourth-order valence-electron chi connectivity index (χ4n) is 3.74. The molecule has 2 atom stereocenters. The lowest BCUT2D eigenvalue weighted by Crippen LogP contribution is -2.42. The van der Waals surface area contributed by atoms with Crippen molar-refractivity contribution in [3.8, 4) is 0 Å². The zero-order valence-electron chi connectivity index (χ0n) is 16.5. The molecule has 1 saturated heterocycles. The molecule has 1 rings (SSSR count). The molecule has 0 spiro atoms. The Morgan fingerprint density at radius 3 is 1.38 bits per heavy atom. The highest BCUT2D eigenvalue weighted by Crippen LogP contribution is 2.27. The second-order valence-electron chi connectivity index (χ2n) is 7.84. The maximum Gasteiger partial charge on any atom is 0.312 e. The zero-order valence-corrected chi connectivity index (χ0v) is 16.5. The lowest BCUT2D eigenvalue weighted by atomic mass is 9.92. The Hall–Kier alpha value is -0.530. The predicted molar refractivity (Wildman–Crippen MR) is 103 cm³/mol. The van der Waals surface area contributed by atoms with Crippen LogP contribution >= 0.6 is 0 Å². The minimum atomic E-state index is 0.0310. The van der Waals surface area contributed by atoms with Gasteiger partial charge in [0, 0.05) is 0 Å². The van der Waals surface area contributed by atoms with Crippen molar-refractivity contribution >= 4 is 5.97 Å². The van der Waals surface area contributed by atoms with Crippen LogP contribution < -0.4 is 0 Å². The summed E-state index contributed by atoms with van der Waals surface area (Å²) < 4.78 is 4.99. The fourth-order valence-corrected chi connectivity index (χ4v) is 3.74. The van der Waals surface area contributed by atoms with Crippen LogP contribution in [0.2, 0.25) is 0 Å². The van der Waals surface area contributed by atoms with Gasteiger partial charge < -0.3 is 4.74 Å². The van der Waals surface area contributed by atoms with Crippen LogP contribution in [0, 0.1) is 5.92 Å². The number of esters is 1. The van der Waals surface area contributed by atoms with Gasteiger partial charge in [0.05, 0.1) is 5.92 Å². The molecule has 1 aliphatic rings. The summed E-state index contributed by atoms with van der Waals surface area (Å²) >= 11 is 0. The van der Waals surface area contributed by atoms with Gasteiger partial charge in [-0.25, -0.2) is 0 Å². The highest BCUT2D eigenvalue weighted by Gasteiger charge is 2.37. The molecule has 0 aromatic heterocycles. The normalized spacial score (nSPS) is 20.0. The van der Waals surface area contributed by atoms with Crippen molar-refractivity contribution in [1.29, 1.82) is 0 Å². The summed E-state index contributed by atoms with van der Waals surface area (Å²) in [5, 5.41) is 0. The summed E-state index contributed by atoms with van der Waals surface area (Å²) in [4.78, 5) is 11.2. The molecule has 0 saturated carbocycles. The molecule has 0 aliphatic carbocycles. The lowest BCUT2D eigenvalue weighted by Gasteiger charge is -2.32. The number of cyclic esters (lactones) is 1. The zero-order chi connectivity index (χ0) is 17.5. The molecule has 1 heterocycles. The Bertz CT molecular complexity index is 300. The predicted octanol–water partition coefficient (Wildman–Crippen LogP) is 7.20. The number of ether oxygens (including phenoxy) is 1. The molecule has 0 N–H and O–H groups in total. The largest absolute Gasteiger partial charge is 0.461 e. The second kappa shape index (κ2) is 14.8.